The quantitative estimate of drug-likeness (QED) is 0.722. The van der Waals surface area contributed by atoms with Crippen molar-refractivity contribution in [1.29, 1.82) is 0 Å². The molecule has 0 radical (unpaired) electrons. The number of phenolic OH excluding ortho intramolecular Hbond substituents is 1. The van der Waals surface area contributed by atoms with Crippen molar-refractivity contribution in [2.24, 2.45) is 4.99 Å². The van der Waals surface area contributed by atoms with E-state index < -0.39 is 0 Å². The van der Waals surface area contributed by atoms with Crippen LogP contribution in [0.25, 0.3) is 5.69 Å². The Morgan fingerprint density at radius 3 is 2.67 bits per heavy atom. The molecule has 1 heterocycles. The molecule has 2 aromatic carbocycles. The van der Waals surface area contributed by atoms with E-state index in [0.717, 1.165) is 23.4 Å². The van der Waals surface area contributed by atoms with Crippen LogP contribution in [0.3, 0.4) is 0 Å². The molecule has 0 amide bonds. The Labute approximate surface area is 139 Å². The van der Waals surface area contributed by atoms with E-state index in [4.69, 9.17) is 0 Å². The number of aryl methyl sites for hydroxylation is 2. The van der Waals surface area contributed by atoms with Gasteiger partial charge in [0.15, 0.2) is 0 Å². The highest BCUT2D eigenvalue weighted by atomic mass is 16.3. The molecule has 0 bridgehead atoms. The third-order valence-electron chi connectivity index (χ3n) is 3.91. The molecule has 0 unspecified atom stereocenters. The third kappa shape index (κ3) is 3.01. The summed E-state index contributed by atoms with van der Waals surface area (Å²) < 4.78 is 1.49. The van der Waals surface area contributed by atoms with Crippen LogP contribution in [0.2, 0.25) is 0 Å². The molecule has 0 aliphatic heterocycles. The normalized spacial score (nSPS) is 11.2. The van der Waals surface area contributed by atoms with E-state index >= 15 is 0 Å². The molecular weight excluding hydrogens is 302 g/mol. The first-order chi connectivity index (χ1) is 11.6. The van der Waals surface area contributed by atoms with Gasteiger partial charge < -0.3 is 5.11 Å². The van der Waals surface area contributed by atoms with Crippen molar-refractivity contribution in [3.05, 3.63) is 75.7 Å². The van der Waals surface area contributed by atoms with E-state index in [1.165, 1.54) is 10.9 Å². The van der Waals surface area contributed by atoms with Crippen LogP contribution in [-0.2, 0) is 6.42 Å². The van der Waals surface area contributed by atoms with E-state index in [1.54, 1.807) is 6.07 Å². The van der Waals surface area contributed by atoms with Crippen molar-refractivity contribution < 1.29 is 5.11 Å². The molecule has 122 valence electrons. The summed E-state index contributed by atoms with van der Waals surface area (Å²) in [6, 6.07) is 14.7. The summed E-state index contributed by atoms with van der Waals surface area (Å²) in [6.45, 7) is 3.86. The maximum Gasteiger partial charge on any atom is 0.280 e. The number of hydrogen-bond donors (Lipinski definition) is 2. The van der Waals surface area contributed by atoms with Gasteiger partial charge in [-0.25, -0.2) is 4.68 Å². The fraction of sp³-hybridized carbons (Fsp3) is 0.158. The van der Waals surface area contributed by atoms with Gasteiger partial charge in [-0.1, -0.05) is 31.2 Å². The first-order valence-corrected chi connectivity index (χ1v) is 7.83. The molecule has 24 heavy (non-hydrogen) atoms. The van der Waals surface area contributed by atoms with Gasteiger partial charge in [0.25, 0.3) is 5.56 Å². The molecule has 0 saturated carbocycles. The Morgan fingerprint density at radius 1 is 1.21 bits per heavy atom. The van der Waals surface area contributed by atoms with E-state index in [-0.39, 0.29) is 11.3 Å². The Kier molecular flexibility index (Phi) is 4.33. The molecule has 2 N–H and O–H groups in total. The minimum Gasteiger partial charge on any atom is -0.506 e. The number of rotatable bonds is 4. The van der Waals surface area contributed by atoms with Crippen LogP contribution in [0.5, 0.6) is 5.75 Å². The van der Waals surface area contributed by atoms with Crippen LogP contribution < -0.4 is 5.56 Å². The van der Waals surface area contributed by atoms with E-state index in [0.29, 0.717) is 11.3 Å². The Bertz CT molecular complexity index is 937. The number of nitrogens with zero attached hydrogens (tertiary/aromatic N) is 2. The zero-order chi connectivity index (χ0) is 17.1. The van der Waals surface area contributed by atoms with Gasteiger partial charge in [0.1, 0.15) is 11.4 Å². The number of aliphatic imine (C=N–C) groups is 1. The van der Waals surface area contributed by atoms with Gasteiger partial charge in [-0.2, -0.15) is 0 Å². The maximum absolute atomic E-state index is 12.6. The smallest absolute Gasteiger partial charge is 0.280 e. The molecule has 0 spiro atoms. The summed E-state index contributed by atoms with van der Waals surface area (Å²) in [5.41, 5.74) is 3.32. The van der Waals surface area contributed by atoms with Crippen molar-refractivity contribution in [2.45, 2.75) is 20.3 Å². The van der Waals surface area contributed by atoms with Gasteiger partial charge in [-0.15, -0.1) is 0 Å². The number of aromatic amines is 1. The highest BCUT2D eigenvalue weighted by Crippen LogP contribution is 2.27. The Hall–Kier alpha value is -3.08. The first-order valence-electron chi connectivity index (χ1n) is 7.83. The van der Waals surface area contributed by atoms with Gasteiger partial charge in [-0.3, -0.25) is 14.9 Å². The number of H-pyrrole nitrogens is 1. The van der Waals surface area contributed by atoms with Gasteiger partial charge in [0.05, 0.1) is 11.3 Å². The van der Waals surface area contributed by atoms with E-state index in [9.17, 15) is 9.90 Å². The van der Waals surface area contributed by atoms with Gasteiger partial charge in [0.2, 0.25) is 0 Å². The molecule has 0 aliphatic carbocycles. The lowest BCUT2D eigenvalue weighted by Gasteiger charge is -2.01. The third-order valence-corrected chi connectivity index (χ3v) is 3.91. The lowest BCUT2D eigenvalue weighted by Crippen LogP contribution is -2.17. The lowest BCUT2D eigenvalue weighted by atomic mass is 10.1. The average Bonchev–Trinajstić information content (AvgIpc) is 2.89. The van der Waals surface area contributed by atoms with E-state index in [2.05, 4.69) is 10.1 Å². The first kappa shape index (κ1) is 15.8. The molecule has 1 aromatic heterocycles. The molecule has 0 atom stereocenters. The minimum atomic E-state index is -0.173. The number of para-hydroxylation sites is 1. The predicted molar refractivity (Wildman–Crippen MR) is 95.9 cm³/mol. The van der Waals surface area contributed by atoms with Crippen molar-refractivity contribution in [3.8, 4) is 11.4 Å². The van der Waals surface area contributed by atoms with Crippen LogP contribution >= 0.6 is 0 Å². The van der Waals surface area contributed by atoms with Crippen LogP contribution in [0.1, 0.15) is 23.7 Å². The number of hydrogen-bond acceptors (Lipinski definition) is 3. The summed E-state index contributed by atoms with van der Waals surface area (Å²) in [6.07, 6.45) is 2.36. The Morgan fingerprint density at radius 2 is 1.96 bits per heavy atom. The van der Waals surface area contributed by atoms with Crippen LogP contribution in [0, 0.1) is 6.92 Å². The summed E-state index contributed by atoms with van der Waals surface area (Å²) in [5, 5.41) is 13.0. The average molecular weight is 321 g/mol. The minimum absolute atomic E-state index is 0.0972. The number of aromatic nitrogens is 2. The zero-order valence-electron chi connectivity index (χ0n) is 13.7. The second-order valence-corrected chi connectivity index (χ2v) is 5.56. The SMILES string of the molecule is CCc1ccc(O)c(N=Cc2c(C)[nH]n(-c3ccccc3)c2=O)c1. The van der Waals surface area contributed by atoms with Gasteiger partial charge >= 0.3 is 0 Å². The largest absolute Gasteiger partial charge is 0.506 e. The van der Waals surface area contributed by atoms with E-state index in [1.807, 2.05) is 56.3 Å². The van der Waals surface area contributed by atoms with Crippen molar-refractivity contribution in [3.63, 3.8) is 0 Å². The predicted octanol–water partition coefficient (Wildman–Crippen LogP) is 3.49. The Balaban J connectivity index is 2.00. The molecule has 0 saturated heterocycles. The number of benzene rings is 2. The summed E-state index contributed by atoms with van der Waals surface area (Å²) >= 11 is 0. The summed E-state index contributed by atoms with van der Waals surface area (Å²) in [7, 11) is 0. The number of nitrogens with one attached hydrogen (secondary N) is 1. The van der Waals surface area contributed by atoms with Crippen LogP contribution in [0.4, 0.5) is 5.69 Å². The molecule has 5 heteroatoms. The molecule has 0 aliphatic rings. The standard InChI is InChI=1S/C19H19N3O2/c1-3-14-9-10-18(23)17(11-14)20-12-16-13(2)21-22(19(16)24)15-7-5-4-6-8-15/h4-12,21,23H,3H2,1-2H3. The monoisotopic (exact) mass is 321 g/mol. The van der Waals surface area contributed by atoms with Crippen LogP contribution in [-0.4, -0.2) is 21.1 Å². The highest BCUT2D eigenvalue weighted by molar-refractivity contribution is 5.83. The summed E-state index contributed by atoms with van der Waals surface area (Å²) in [4.78, 5) is 16.9. The molecular formula is C19H19N3O2. The highest BCUT2D eigenvalue weighted by Gasteiger charge is 2.10. The fourth-order valence-corrected chi connectivity index (χ4v) is 2.50. The molecule has 3 aromatic rings. The second-order valence-electron chi connectivity index (χ2n) is 5.56. The number of phenols is 1. The zero-order valence-corrected chi connectivity index (χ0v) is 13.7. The lowest BCUT2D eigenvalue weighted by molar-refractivity contribution is 0.476. The van der Waals surface area contributed by atoms with Crippen molar-refractivity contribution >= 4 is 11.9 Å². The molecule has 5 nitrogen and oxygen atoms in total. The molecule has 3 rings (SSSR count). The maximum atomic E-state index is 12.6. The van der Waals surface area contributed by atoms with Gasteiger partial charge in [0, 0.05) is 11.9 Å². The van der Waals surface area contributed by atoms with Crippen molar-refractivity contribution in [2.75, 3.05) is 0 Å². The molecule has 0 fully saturated rings. The summed E-state index contributed by atoms with van der Waals surface area (Å²) in [5.74, 6) is 0.0972. The number of aromatic hydroxyl groups is 1. The fourth-order valence-electron chi connectivity index (χ4n) is 2.50. The second kappa shape index (κ2) is 6.58. The van der Waals surface area contributed by atoms with Crippen LogP contribution in [0.15, 0.2) is 58.3 Å². The topological polar surface area (TPSA) is 70.4 Å². The van der Waals surface area contributed by atoms with Crippen molar-refractivity contribution in [1.82, 2.24) is 9.78 Å². The van der Waals surface area contributed by atoms with Gasteiger partial charge in [-0.05, 0) is 43.2 Å².